The number of nitrogens with two attached hydrogens (primary N) is 1. The topological polar surface area (TPSA) is 72.4 Å². The Bertz CT molecular complexity index is 987. The number of carbonyl (C=O) groups is 1. The summed E-state index contributed by atoms with van der Waals surface area (Å²) in [6, 6.07) is 13.4. The number of hydrogen-bond acceptors (Lipinski definition) is 4. The summed E-state index contributed by atoms with van der Waals surface area (Å²) in [7, 11) is 1.75. The normalized spacial score (nSPS) is 11.1. The number of rotatable bonds is 6. The van der Waals surface area contributed by atoms with Gasteiger partial charge < -0.3 is 15.1 Å². The second-order valence-electron chi connectivity index (χ2n) is 7.58. The second-order valence-corrected chi connectivity index (χ2v) is 7.58. The van der Waals surface area contributed by atoms with Gasteiger partial charge in [-0.1, -0.05) is 38.1 Å². The highest BCUT2D eigenvalue weighted by Crippen LogP contribution is 2.30. The van der Waals surface area contributed by atoms with E-state index in [1.165, 1.54) is 12.3 Å². The molecule has 0 atom stereocenters. The van der Waals surface area contributed by atoms with Gasteiger partial charge in [0.2, 0.25) is 5.89 Å². The van der Waals surface area contributed by atoms with Crippen LogP contribution in [0.1, 0.15) is 24.2 Å². The summed E-state index contributed by atoms with van der Waals surface area (Å²) in [5.41, 5.74) is 6.96. The van der Waals surface area contributed by atoms with Crippen LogP contribution in [0.2, 0.25) is 0 Å². The minimum Gasteiger partial charge on any atom is -0.436 e. The molecule has 0 radical (unpaired) electrons. The number of amides is 1. The first-order valence-corrected chi connectivity index (χ1v) is 9.08. The molecule has 3 aromatic rings. The average Bonchev–Trinajstić information content (AvgIpc) is 3.17. The van der Waals surface area contributed by atoms with Gasteiger partial charge >= 0.3 is 0 Å². The van der Waals surface area contributed by atoms with E-state index in [2.05, 4.69) is 4.98 Å². The molecule has 0 aliphatic heterocycles. The summed E-state index contributed by atoms with van der Waals surface area (Å²) in [6.07, 6.45) is 1.47. The predicted octanol–water partition coefficient (Wildman–Crippen LogP) is 4.63. The molecule has 1 amide bonds. The van der Waals surface area contributed by atoms with Crippen molar-refractivity contribution in [3.8, 4) is 22.8 Å². The van der Waals surface area contributed by atoms with E-state index in [0.717, 1.165) is 0 Å². The lowest BCUT2D eigenvalue weighted by molar-refractivity contribution is 0.0741. The first kappa shape index (κ1) is 22.6. The van der Waals surface area contributed by atoms with Crippen molar-refractivity contribution in [1.82, 2.24) is 9.88 Å². The lowest BCUT2D eigenvalue weighted by Gasteiger charge is -2.29. The molecule has 5 nitrogen and oxygen atoms in total. The van der Waals surface area contributed by atoms with Crippen LogP contribution in [0, 0.1) is 11.2 Å². The molecule has 0 saturated carbocycles. The number of oxazole rings is 1. The van der Waals surface area contributed by atoms with Crippen LogP contribution in [-0.2, 0) is 0 Å². The van der Waals surface area contributed by atoms with Crippen LogP contribution in [0.3, 0.4) is 0 Å². The molecule has 0 saturated heterocycles. The molecule has 7 heteroatoms. The maximum Gasteiger partial charge on any atom is 0.254 e. The van der Waals surface area contributed by atoms with Crippen LogP contribution in [0.5, 0.6) is 0 Å². The molecule has 0 aliphatic rings. The van der Waals surface area contributed by atoms with Gasteiger partial charge in [0.1, 0.15) is 5.82 Å². The van der Waals surface area contributed by atoms with Crippen molar-refractivity contribution in [3.63, 3.8) is 0 Å². The summed E-state index contributed by atoms with van der Waals surface area (Å²) < 4.78 is 19.8. The summed E-state index contributed by atoms with van der Waals surface area (Å²) in [5, 5.41) is 0. The quantitative estimate of drug-likeness (QED) is 0.634. The van der Waals surface area contributed by atoms with Crippen molar-refractivity contribution < 1.29 is 13.6 Å². The molecule has 29 heavy (non-hydrogen) atoms. The zero-order chi connectivity index (χ0) is 20.3. The minimum atomic E-state index is -0.390. The predicted molar refractivity (Wildman–Crippen MR) is 114 cm³/mol. The Labute approximate surface area is 176 Å². The Hall–Kier alpha value is -2.70. The highest BCUT2D eigenvalue weighted by atomic mass is 35.5. The van der Waals surface area contributed by atoms with Crippen molar-refractivity contribution in [1.29, 1.82) is 0 Å². The van der Waals surface area contributed by atoms with E-state index in [1.54, 1.807) is 48.3 Å². The van der Waals surface area contributed by atoms with Crippen LogP contribution in [0.15, 0.2) is 59.1 Å². The van der Waals surface area contributed by atoms with Gasteiger partial charge in [0, 0.05) is 19.2 Å². The summed E-state index contributed by atoms with van der Waals surface area (Å²) in [6.45, 7) is 5.01. The second kappa shape index (κ2) is 9.20. The fraction of sp³-hybridized carbons (Fsp3) is 0.273. The first-order chi connectivity index (χ1) is 13.3. The average molecular weight is 418 g/mol. The van der Waals surface area contributed by atoms with Crippen molar-refractivity contribution in [2.75, 3.05) is 20.1 Å². The highest BCUT2D eigenvalue weighted by Gasteiger charge is 2.24. The lowest BCUT2D eigenvalue weighted by Crippen LogP contribution is -2.39. The van der Waals surface area contributed by atoms with E-state index >= 15 is 0 Å². The Morgan fingerprint density at radius 2 is 1.76 bits per heavy atom. The molecule has 2 N–H and O–H groups in total. The maximum atomic E-state index is 14.0. The van der Waals surface area contributed by atoms with Gasteiger partial charge in [-0.3, -0.25) is 4.79 Å². The number of nitrogens with zero attached hydrogens (tertiary/aromatic N) is 2. The number of halogens is 2. The molecule has 0 aliphatic carbocycles. The molecule has 2 aromatic carbocycles. The maximum absolute atomic E-state index is 14.0. The standard InChI is InChI=1S/C22H24FN3O2.ClH/c1-22(2,13-24)14-26(3)21(27)16-9-5-4-8-15(16)20-25-12-19(28-20)17-10-6-7-11-18(17)23;/h4-12H,13-14,24H2,1-3H3;1H. The van der Waals surface area contributed by atoms with Gasteiger partial charge in [0.05, 0.1) is 17.3 Å². The summed E-state index contributed by atoms with van der Waals surface area (Å²) in [4.78, 5) is 18.9. The Morgan fingerprint density at radius 1 is 1.14 bits per heavy atom. The molecule has 1 heterocycles. The van der Waals surface area contributed by atoms with Crippen LogP contribution >= 0.6 is 12.4 Å². The third kappa shape index (κ3) is 5.02. The van der Waals surface area contributed by atoms with E-state index < -0.39 is 5.82 Å². The molecule has 154 valence electrons. The van der Waals surface area contributed by atoms with Crippen LogP contribution in [0.25, 0.3) is 22.8 Å². The monoisotopic (exact) mass is 417 g/mol. The minimum absolute atomic E-state index is 0. The van der Waals surface area contributed by atoms with Crippen molar-refractivity contribution in [3.05, 3.63) is 66.1 Å². The van der Waals surface area contributed by atoms with Crippen molar-refractivity contribution >= 4 is 18.3 Å². The molecule has 0 bridgehead atoms. The van der Waals surface area contributed by atoms with Gasteiger partial charge in [-0.15, -0.1) is 12.4 Å². The third-order valence-corrected chi connectivity index (χ3v) is 4.60. The highest BCUT2D eigenvalue weighted by molar-refractivity contribution is 6.00. The summed E-state index contributed by atoms with van der Waals surface area (Å²) in [5.74, 6) is 0.0442. The smallest absolute Gasteiger partial charge is 0.254 e. The van der Waals surface area contributed by atoms with E-state index in [9.17, 15) is 9.18 Å². The number of aromatic nitrogens is 1. The van der Waals surface area contributed by atoms with E-state index in [0.29, 0.717) is 35.5 Å². The Balaban J connectivity index is 0.00000300. The summed E-state index contributed by atoms with van der Waals surface area (Å²) >= 11 is 0. The van der Waals surface area contributed by atoms with Gasteiger partial charge in [-0.25, -0.2) is 9.37 Å². The van der Waals surface area contributed by atoms with Gasteiger partial charge in [0.15, 0.2) is 5.76 Å². The lowest BCUT2D eigenvalue weighted by atomic mass is 9.93. The van der Waals surface area contributed by atoms with Crippen LogP contribution in [-0.4, -0.2) is 35.9 Å². The number of carbonyl (C=O) groups excluding carboxylic acids is 1. The molecule has 0 spiro atoms. The molecular formula is C22H25ClFN3O2. The number of hydrogen-bond donors (Lipinski definition) is 1. The molecule has 0 fully saturated rings. The fourth-order valence-corrected chi connectivity index (χ4v) is 3.02. The molecule has 0 unspecified atom stereocenters. The fourth-order valence-electron chi connectivity index (χ4n) is 3.02. The molecule has 3 rings (SSSR count). The Morgan fingerprint density at radius 3 is 2.41 bits per heavy atom. The van der Waals surface area contributed by atoms with Gasteiger partial charge in [0.25, 0.3) is 5.91 Å². The van der Waals surface area contributed by atoms with Gasteiger partial charge in [-0.05, 0) is 36.2 Å². The van der Waals surface area contributed by atoms with E-state index in [4.69, 9.17) is 10.2 Å². The molecular weight excluding hydrogens is 393 g/mol. The largest absolute Gasteiger partial charge is 0.436 e. The van der Waals surface area contributed by atoms with E-state index in [1.807, 2.05) is 19.9 Å². The zero-order valence-corrected chi connectivity index (χ0v) is 17.5. The molecule has 1 aromatic heterocycles. The van der Waals surface area contributed by atoms with Crippen molar-refractivity contribution in [2.24, 2.45) is 11.1 Å². The van der Waals surface area contributed by atoms with Crippen LogP contribution in [0.4, 0.5) is 4.39 Å². The van der Waals surface area contributed by atoms with Crippen molar-refractivity contribution in [2.45, 2.75) is 13.8 Å². The zero-order valence-electron chi connectivity index (χ0n) is 16.7. The SMILES string of the molecule is CN(CC(C)(C)CN)C(=O)c1ccccc1-c1ncc(-c2ccccc2F)o1.Cl. The number of benzene rings is 2. The first-order valence-electron chi connectivity index (χ1n) is 9.08. The van der Waals surface area contributed by atoms with Crippen LogP contribution < -0.4 is 5.73 Å². The van der Waals surface area contributed by atoms with E-state index in [-0.39, 0.29) is 29.6 Å². The Kier molecular flexibility index (Phi) is 7.16. The van der Waals surface area contributed by atoms with Gasteiger partial charge in [-0.2, -0.15) is 0 Å². The third-order valence-electron chi connectivity index (χ3n) is 4.60.